The maximum atomic E-state index is 12.8. The average molecular weight is 1990 g/mol. The number of anilines is 4. The highest BCUT2D eigenvalue weighted by atomic mass is 35.5. The molecule has 139 heavy (non-hydrogen) atoms. The van der Waals surface area contributed by atoms with E-state index in [1.807, 2.05) is 12.1 Å². The first-order valence-electron chi connectivity index (χ1n) is 49.4. The lowest BCUT2D eigenvalue weighted by molar-refractivity contribution is -0.200. The number of carboxylic acids is 3. The molecule has 12 aliphatic rings. The first-order valence-corrected chi connectivity index (χ1v) is 49.8. The highest BCUT2D eigenvalue weighted by Crippen LogP contribution is 2.48. The lowest BCUT2D eigenvalue weighted by atomic mass is 9.78. The summed E-state index contributed by atoms with van der Waals surface area (Å²) in [6, 6.07) is 25.7. The minimum Gasteiger partial charge on any atom is -0.481 e. The number of benzene rings is 4. The zero-order valence-corrected chi connectivity index (χ0v) is 81.6. The van der Waals surface area contributed by atoms with E-state index in [2.05, 4.69) is 140 Å². The summed E-state index contributed by atoms with van der Waals surface area (Å²) in [4.78, 5) is 107. The highest BCUT2D eigenvalue weighted by Gasteiger charge is 2.52. The Balaban J connectivity index is 0.000000156. The molecule has 0 saturated carbocycles. The van der Waals surface area contributed by atoms with E-state index in [1.54, 1.807) is 0 Å². The molecule has 4 amide bonds. The van der Waals surface area contributed by atoms with E-state index >= 15 is 0 Å². The Bertz CT molecular complexity index is 4860. The molecule has 26 nitrogen and oxygen atoms in total. The largest absolute Gasteiger partial charge is 0.481 e. The lowest BCUT2D eigenvalue weighted by Crippen LogP contribution is -2.53. The second-order valence-electron chi connectivity index (χ2n) is 40.8. The summed E-state index contributed by atoms with van der Waals surface area (Å²) in [5.74, 6) is -3.03. The zero-order valence-electron chi connectivity index (χ0n) is 80.8. The topological polar surface area (TPSA) is 256 Å². The molecular weight excluding hydrogens is 1860 g/mol. The quantitative estimate of drug-likeness (QED) is 0.0618. The number of halogens is 13. The second-order valence-corrected chi connectivity index (χ2v) is 41.2. The monoisotopic (exact) mass is 1990 g/mol. The van der Waals surface area contributed by atoms with Gasteiger partial charge >= 0.3 is 67.0 Å². The minimum atomic E-state index is -4.57. The van der Waals surface area contributed by atoms with Crippen LogP contribution in [0.15, 0.2) is 72.8 Å². The summed E-state index contributed by atoms with van der Waals surface area (Å²) in [7, 11) is 2.15. The fraction of sp³-hybridized carbons (Fsp3) is 0.690. The summed E-state index contributed by atoms with van der Waals surface area (Å²) in [6.45, 7) is 23.8. The van der Waals surface area contributed by atoms with Crippen LogP contribution in [0.1, 0.15) is 208 Å². The number of fused-ring (bicyclic) bond motifs is 1. The van der Waals surface area contributed by atoms with Crippen molar-refractivity contribution in [3.05, 3.63) is 117 Å². The molecule has 0 aliphatic carbocycles. The van der Waals surface area contributed by atoms with Gasteiger partial charge < -0.3 is 73.5 Å². The fourth-order valence-corrected chi connectivity index (χ4v) is 22.9. The molecule has 0 aromatic heterocycles. The number of piperidine rings is 7. The molecule has 16 rings (SSSR count). The van der Waals surface area contributed by atoms with Crippen molar-refractivity contribution in [3.8, 4) is 0 Å². The third-order valence-corrected chi connectivity index (χ3v) is 31.9. The molecule has 11 saturated heterocycles. The van der Waals surface area contributed by atoms with Crippen molar-refractivity contribution < 1.29 is 121 Å². The predicted molar refractivity (Wildman–Crippen MR) is 500 cm³/mol. The van der Waals surface area contributed by atoms with Gasteiger partial charge in [-0.1, -0.05) is 48.0 Å². The molecule has 772 valence electrons. The van der Waals surface area contributed by atoms with Gasteiger partial charge in [0.25, 0.3) is 0 Å². The van der Waals surface area contributed by atoms with E-state index in [0.29, 0.717) is 154 Å². The number of carbonyl (C=O) groups excluding carboxylic acids is 4. The van der Waals surface area contributed by atoms with Gasteiger partial charge in [-0.05, 0) is 296 Å². The highest BCUT2D eigenvalue weighted by molar-refractivity contribution is 6.31. The van der Waals surface area contributed by atoms with Crippen LogP contribution in [0, 0.1) is 37.0 Å². The van der Waals surface area contributed by atoms with Gasteiger partial charge in [-0.3, -0.25) is 34.0 Å². The summed E-state index contributed by atoms with van der Waals surface area (Å²) in [5, 5.41) is 28.6. The summed E-state index contributed by atoms with van der Waals surface area (Å²) < 4.78 is 171. The van der Waals surface area contributed by atoms with Gasteiger partial charge in [0.15, 0.2) is 24.4 Å². The van der Waals surface area contributed by atoms with Crippen LogP contribution in [-0.2, 0) is 65.9 Å². The smallest absolute Gasteiger partial charge is 0.425 e. The molecule has 11 fully saturated rings. The first-order chi connectivity index (χ1) is 65.6. The van der Waals surface area contributed by atoms with Gasteiger partial charge in [0.1, 0.15) is 0 Å². The van der Waals surface area contributed by atoms with Crippen molar-refractivity contribution in [1.82, 2.24) is 39.2 Å². The van der Waals surface area contributed by atoms with Crippen LogP contribution in [0.5, 0.6) is 0 Å². The Morgan fingerprint density at radius 3 is 1.09 bits per heavy atom. The maximum Gasteiger partial charge on any atom is 0.425 e. The van der Waals surface area contributed by atoms with Crippen LogP contribution in [-0.4, -0.2) is 300 Å². The molecule has 3 N–H and O–H groups in total. The van der Waals surface area contributed by atoms with Gasteiger partial charge in [0.2, 0.25) is 0 Å². The Morgan fingerprint density at radius 2 is 0.719 bits per heavy atom. The van der Waals surface area contributed by atoms with E-state index in [0.717, 1.165) is 199 Å². The molecule has 39 heteroatoms. The van der Waals surface area contributed by atoms with E-state index in [4.69, 9.17) is 11.6 Å². The first kappa shape index (κ1) is 107. The van der Waals surface area contributed by atoms with Crippen molar-refractivity contribution in [2.75, 3.05) is 158 Å². The van der Waals surface area contributed by atoms with Crippen LogP contribution in [0.25, 0.3) is 0 Å². The molecule has 4 spiro atoms. The standard InChI is InChI=1S/2C26H36F3N3O4.C25H33ClF3N3O4.C23H32F3N3O2/c1-18-4-5-21(22(16-18)30-12-6-20(7-13-30)23(33)34)17-32-11-3-8-25(32)9-14-31(15-10-25)24(35)36-19(2)26(27,28)29;1-18-3-4-21(22(15-18)31-10-5-20(6-11-31)23(33)34)16-30-12-7-25(17-30)8-13-32(14-9-25)24(35)36-19(2)26(27,28)29;1-17(25(27,28)29)36-23(35)31-11-6-24(7-12-31)5-2-8-32(24)16-18-13-20(26)15-21(14-18)30-9-3-19(4-10-30)22(33)34;1-17(23(24,25)26)31-21(30)28-13-9-22(10-14-28)8-4-12-29(22)16-18-6-7-19-5-3-11-27(2)20(19)15-18/h4-5,16,19-20H,3,6-15,17H2,1-2H3,(H,33,34);3-4,15,19-20H,5-14,16-17H2,1-2H3,(H,33,34);13-15,17,19H,2-12,16H2,1H3,(H,33,34);6-7,15,17H,3-5,8-14,16H2,1-2H3. The Morgan fingerprint density at radius 1 is 0.374 bits per heavy atom. The van der Waals surface area contributed by atoms with Crippen LogP contribution in [0.4, 0.5) is 94.6 Å². The van der Waals surface area contributed by atoms with E-state index in [-0.39, 0.29) is 39.8 Å². The number of rotatable bonds is 18. The molecule has 4 atom stereocenters. The number of nitrogens with zero attached hydrogens (tertiary/aromatic N) is 12. The van der Waals surface area contributed by atoms with Crippen LogP contribution in [0.2, 0.25) is 5.02 Å². The van der Waals surface area contributed by atoms with Crippen LogP contribution >= 0.6 is 11.6 Å². The molecule has 0 radical (unpaired) electrons. The van der Waals surface area contributed by atoms with E-state index in [9.17, 15) is 102 Å². The Kier molecular flexibility index (Phi) is 34.9. The van der Waals surface area contributed by atoms with Gasteiger partial charge in [-0.2, -0.15) is 52.7 Å². The maximum absolute atomic E-state index is 12.8. The number of carboxylic acid groups (broad SMARTS) is 3. The SMILES string of the molecule is CC(OC(=O)N1CCC2(CCCN2Cc2cc(Cl)cc(N3CCC(C(=O)O)CC3)c2)CC1)C(F)(F)F.CC(OC(=O)N1CCC2(CCCN2Cc2ccc3c(c2)N(C)CCC3)CC1)C(F)(F)F.Cc1ccc(CN2CCC3(CCN(C(=O)OC(C)C(F)(F)F)CC3)C2)c(N2CCC(C(=O)O)CC2)c1.Cc1ccc(CN2CCCC23CCN(C(=O)OC(C)C(F)(F)F)CC3)c(N2CCC(C(=O)O)CC2)c1. The van der Waals surface area contributed by atoms with Gasteiger partial charge in [0, 0.05) is 182 Å². The van der Waals surface area contributed by atoms with Crippen molar-refractivity contribution >= 4 is 76.6 Å². The number of amides is 4. The minimum absolute atomic E-state index is 0.0221. The van der Waals surface area contributed by atoms with E-state index in [1.165, 1.54) is 65.2 Å². The number of aryl methyl sites for hydroxylation is 3. The summed E-state index contributed by atoms with van der Waals surface area (Å²) >= 11 is 6.46. The molecule has 4 aromatic carbocycles. The van der Waals surface area contributed by atoms with Gasteiger partial charge in [-0.15, -0.1) is 0 Å². The number of aliphatic carboxylic acids is 3. The van der Waals surface area contributed by atoms with Crippen molar-refractivity contribution in [2.45, 2.75) is 281 Å². The number of hydrogen-bond acceptors (Lipinski definition) is 19. The fourth-order valence-electron chi connectivity index (χ4n) is 22.7. The summed E-state index contributed by atoms with van der Waals surface area (Å²) in [5.41, 5.74) is 13.1. The number of carbonyl (C=O) groups is 7. The molecule has 0 bridgehead atoms. The number of likely N-dealkylation sites (tertiary alicyclic amines) is 8. The normalized spacial score (nSPS) is 22.2. The summed E-state index contributed by atoms with van der Waals surface area (Å²) in [6.07, 6.45) is -11.1. The zero-order chi connectivity index (χ0) is 100. The predicted octanol–water partition coefficient (Wildman–Crippen LogP) is 19.2. The van der Waals surface area contributed by atoms with Gasteiger partial charge in [0.05, 0.1) is 17.8 Å². The number of ether oxygens (including phenoxy) is 4. The second kappa shape index (κ2) is 45.2. The third-order valence-electron chi connectivity index (χ3n) is 31.6. The number of alkyl halides is 12. The molecular formula is C100H137ClF12N12O14. The van der Waals surface area contributed by atoms with Crippen LogP contribution < -0.4 is 19.6 Å². The van der Waals surface area contributed by atoms with Gasteiger partial charge in [-0.25, -0.2) is 19.2 Å². The average Bonchev–Trinajstić information content (AvgIpc) is 1.64. The molecule has 4 aromatic rings. The molecule has 12 aliphatic heterocycles. The lowest BCUT2D eigenvalue weighted by Gasteiger charge is -2.45. The Hall–Kier alpha value is -9.14. The van der Waals surface area contributed by atoms with Crippen molar-refractivity contribution in [1.29, 1.82) is 0 Å². The van der Waals surface area contributed by atoms with Crippen molar-refractivity contribution in [3.63, 3.8) is 0 Å². The Labute approximate surface area is 811 Å². The third kappa shape index (κ3) is 27.3. The van der Waals surface area contributed by atoms with E-state index < -0.39 is 91.4 Å². The molecule has 12 heterocycles. The number of hydrogen-bond donors (Lipinski definition) is 3. The molecule has 4 unspecified atom stereocenters. The van der Waals surface area contributed by atoms with Crippen molar-refractivity contribution in [2.24, 2.45) is 23.2 Å². The van der Waals surface area contributed by atoms with Crippen LogP contribution in [0.3, 0.4) is 0 Å².